The molecular formula is C24H32N2. The second-order valence-electron chi connectivity index (χ2n) is 8.45. The van der Waals surface area contributed by atoms with E-state index in [1.807, 2.05) is 0 Å². The van der Waals surface area contributed by atoms with Crippen molar-refractivity contribution in [2.75, 3.05) is 18.4 Å². The molecule has 1 atom stereocenters. The largest absolute Gasteiger partial charge is 0.385 e. The molecule has 1 unspecified atom stereocenters. The fraction of sp³-hybridized carbons (Fsp3) is 0.500. The molecule has 2 aromatic carbocycles. The van der Waals surface area contributed by atoms with Gasteiger partial charge in [0.2, 0.25) is 0 Å². The molecule has 2 aliphatic heterocycles. The number of rotatable bonds is 4. The molecule has 4 rings (SSSR count). The van der Waals surface area contributed by atoms with Crippen LogP contribution in [0.25, 0.3) is 0 Å². The Labute approximate surface area is 158 Å². The molecule has 2 heterocycles. The fourth-order valence-electron chi connectivity index (χ4n) is 4.50. The molecule has 26 heavy (non-hydrogen) atoms. The van der Waals surface area contributed by atoms with Gasteiger partial charge >= 0.3 is 0 Å². The summed E-state index contributed by atoms with van der Waals surface area (Å²) in [5.41, 5.74) is 10.5. The van der Waals surface area contributed by atoms with Crippen molar-refractivity contribution in [2.24, 2.45) is 0 Å². The van der Waals surface area contributed by atoms with E-state index < -0.39 is 0 Å². The summed E-state index contributed by atoms with van der Waals surface area (Å²) in [4.78, 5) is 0. The summed E-state index contributed by atoms with van der Waals surface area (Å²) in [6.07, 6.45) is 4.79. The number of fused-ring (bicyclic) bond motifs is 2. The lowest BCUT2D eigenvalue weighted by molar-refractivity contribution is 0.630. The Kier molecular flexibility index (Phi) is 5.04. The van der Waals surface area contributed by atoms with Gasteiger partial charge in [0, 0.05) is 18.8 Å². The van der Waals surface area contributed by atoms with Crippen LogP contribution < -0.4 is 10.6 Å². The van der Waals surface area contributed by atoms with Gasteiger partial charge in [-0.3, -0.25) is 0 Å². The lowest BCUT2D eigenvalue weighted by Gasteiger charge is -2.25. The van der Waals surface area contributed by atoms with Crippen LogP contribution in [0.5, 0.6) is 0 Å². The van der Waals surface area contributed by atoms with Gasteiger partial charge in [0.25, 0.3) is 0 Å². The van der Waals surface area contributed by atoms with E-state index in [0.717, 1.165) is 26.1 Å². The summed E-state index contributed by atoms with van der Waals surface area (Å²) in [5.74, 6) is 1.15. The SMILES string of the molecule is CC(C)c1cc2c(c(CC(C)c3ccc4c(c3)CCCN4)c1)CCNC2. The Hall–Kier alpha value is -1.80. The van der Waals surface area contributed by atoms with Crippen molar-refractivity contribution in [3.63, 3.8) is 0 Å². The molecule has 0 aromatic heterocycles. The number of anilines is 1. The highest BCUT2D eigenvalue weighted by molar-refractivity contribution is 5.55. The molecule has 0 bridgehead atoms. The summed E-state index contributed by atoms with van der Waals surface area (Å²) in [6.45, 7) is 10.3. The lowest BCUT2D eigenvalue weighted by Crippen LogP contribution is -2.25. The van der Waals surface area contributed by atoms with Crippen LogP contribution in [0.4, 0.5) is 5.69 Å². The van der Waals surface area contributed by atoms with Crippen LogP contribution in [-0.2, 0) is 25.8 Å². The lowest BCUT2D eigenvalue weighted by atomic mass is 9.84. The molecule has 0 aliphatic carbocycles. The van der Waals surface area contributed by atoms with Gasteiger partial charge in [-0.2, -0.15) is 0 Å². The Morgan fingerprint density at radius 3 is 2.62 bits per heavy atom. The molecule has 0 saturated heterocycles. The zero-order valence-electron chi connectivity index (χ0n) is 16.5. The molecule has 2 nitrogen and oxygen atoms in total. The van der Waals surface area contributed by atoms with Crippen LogP contribution in [0.3, 0.4) is 0 Å². The summed E-state index contributed by atoms with van der Waals surface area (Å²) < 4.78 is 0. The Morgan fingerprint density at radius 2 is 1.77 bits per heavy atom. The normalized spacial score (nSPS) is 17.4. The first-order valence-corrected chi connectivity index (χ1v) is 10.3. The maximum Gasteiger partial charge on any atom is 0.0372 e. The van der Waals surface area contributed by atoms with Crippen molar-refractivity contribution in [1.82, 2.24) is 5.32 Å². The zero-order chi connectivity index (χ0) is 18.1. The minimum Gasteiger partial charge on any atom is -0.385 e. The summed E-state index contributed by atoms with van der Waals surface area (Å²) in [6, 6.07) is 12.0. The molecule has 0 fully saturated rings. The van der Waals surface area contributed by atoms with Crippen LogP contribution in [-0.4, -0.2) is 13.1 Å². The van der Waals surface area contributed by atoms with E-state index in [9.17, 15) is 0 Å². The van der Waals surface area contributed by atoms with Gasteiger partial charge in [-0.1, -0.05) is 45.0 Å². The first-order valence-electron chi connectivity index (χ1n) is 10.3. The highest BCUT2D eigenvalue weighted by atomic mass is 14.9. The van der Waals surface area contributed by atoms with Crippen LogP contribution in [0.15, 0.2) is 30.3 Å². The monoisotopic (exact) mass is 348 g/mol. The second-order valence-corrected chi connectivity index (χ2v) is 8.45. The Balaban J connectivity index is 1.63. The van der Waals surface area contributed by atoms with Gasteiger partial charge in [-0.05, 0) is 83.5 Å². The summed E-state index contributed by atoms with van der Waals surface area (Å²) in [7, 11) is 0. The first-order chi connectivity index (χ1) is 12.6. The van der Waals surface area contributed by atoms with Gasteiger partial charge in [0.05, 0.1) is 0 Å². The smallest absolute Gasteiger partial charge is 0.0372 e. The molecule has 0 amide bonds. The maximum absolute atomic E-state index is 3.55. The molecular weight excluding hydrogens is 316 g/mol. The Morgan fingerprint density at radius 1 is 0.923 bits per heavy atom. The van der Waals surface area contributed by atoms with Crippen molar-refractivity contribution in [2.45, 2.75) is 64.8 Å². The van der Waals surface area contributed by atoms with E-state index in [1.54, 1.807) is 11.1 Å². The predicted octanol–water partition coefficient (Wildman–Crippen LogP) is 5.16. The molecule has 0 radical (unpaired) electrons. The molecule has 2 N–H and O–H groups in total. The second kappa shape index (κ2) is 7.44. The van der Waals surface area contributed by atoms with Gasteiger partial charge in [0.1, 0.15) is 0 Å². The molecule has 2 aliphatic rings. The molecule has 0 saturated carbocycles. The molecule has 2 aromatic rings. The molecule has 138 valence electrons. The van der Waals surface area contributed by atoms with Crippen molar-refractivity contribution in [3.8, 4) is 0 Å². The van der Waals surface area contributed by atoms with Gasteiger partial charge < -0.3 is 10.6 Å². The van der Waals surface area contributed by atoms with Crippen LogP contribution in [0.2, 0.25) is 0 Å². The van der Waals surface area contributed by atoms with E-state index in [0.29, 0.717) is 11.8 Å². The van der Waals surface area contributed by atoms with E-state index in [2.05, 4.69) is 61.7 Å². The van der Waals surface area contributed by atoms with E-state index >= 15 is 0 Å². The van der Waals surface area contributed by atoms with E-state index in [1.165, 1.54) is 47.2 Å². The number of hydrogen-bond donors (Lipinski definition) is 2. The van der Waals surface area contributed by atoms with Crippen LogP contribution >= 0.6 is 0 Å². The number of benzene rings is 2. The minimum absolute atomic E-state index is 0.559. The van der Waals surface area contributed by atoms with E-state index in [4.69, 9.17) is 0 Å². The average Bonchev–Trinajstić information content (AvgIpc) is 2.67. The van der Waals surface area contributed by atoms with E-state index in [-0.39, 0.29) is 0 Å². The van der Waals surface area contributed by atoms with Crippen LogP contribution in [0, 0.1) is 0 Å². The third-order valence-corrected chi connectivity index (χ3v) is 6.15. The Bertz CT molecular complexity index is 791. The third kappa shape index (κ3) is 3.53. The maximum atomic E-state index is 3.55. The highest BCUT2D eigenvalue weighted by Gasteiger charge is 2.19. The van der Waals surface area contributed by atoms with Gasteiger partial charge in [0.15, 0.2) is 0 Å². The quantitative estimate of drug-likeness (QED) is 0.797. The average molecular weight is 349 g/mol. The first kappa shape index (κ1) is 17.6. The number of aryl methyl sites for hydroxylation is 1. The van der Waals surface area contributed by atoms with Crippen molar-refractivity contribution in [3.05, 3.63) is 63.7 Å². The fourth-order valence-corrected chi connectivity index (χ4v) is 4.50. The summed E-state index contributed by atoms with van der Waals surface area (Å²) >= 11 is 0. The van der Waals surface area contributed by atoms with Crippen LogP contribution in [0.1, 0.15) is 72.4 Å². The topological polar surface area (TPSA) is 24.1 Å². The zero-order valence-corrected chi connectivity index (χ0v) is 16.5. The number of nitrogens with one attached hydrogen (secondary N) is 2. The highest BCUT2D eigenvalue weighted by Crippen LogP contribution is 2.32. The van der Waals surface area contributed by atoms with Crippen molar-refractivity contribution < 1.29 is 0 Å². The predicted molar refractivity (Wildman–Crippen MR) is 111 cm³/mol. The van der Waals surface area contributed by atoms with Gasteiger partial charge in [-0.25, -0.2) is 0 Å². The standard InChI is InChI=1S/C24H32N2/c1-16(2)20-13-21(23-8-10-25-15-22(23)14-20)11-17(3)18-6-7-24-19(12-18)5-4-9-26-24/h6-7,12-14,16-17,25-26H,4-5,8-11,15H2,1-3H3. The number of hydrogen-bond acceptors (Lipinski definition) is 2. The summed E-state index contributed by atoms with van der Waals surface area (Å²) in [5, 5.41) is 7.08. The third-order valence-electron chi connectivity index (χ3n) is 6.15. The minimum atomic E-state index is 0.559. The molecule has 0 spiro atoms. The van der Waals surface area contributed by atoms with Crippen molar-refractivity contribution in [1.29, 1.82) is 0 Å². The van der Waals surface area contributed by atoms with Crippen molar-refractivity contribution >= 4 is 5.69 Å². The molecule has 2 heteroatoms. The van der Waals surface area contributed by atoms with Gasteiger partial charge in [-0.15, -0.1) is 0 Å².